The topological polar surface area (TPSA) is 66.9 Å². The fraction of sp³-hybridized carbons (Fsp3) is 0.190. The van der Waals surface area contributed by atoms with Crippen LogP contribution >= 0.6 is 11.6 Å². The molecule has 3 aromatic rings. The number of carbonyl (C=O) groups is 1. The standard InChI is InChI=1S/C21H21ClN4O/c1-13-8-9-18(14(2)10-13)25-20(27)19-11-15(3)24-21(26-19)23-12-16-6-4-5-7-17(16)22/h4-11H,12H2,1-3H3,(H,25,27)(H,23,24,26). The Bertz CT molecular complexity index is 988. The molecule has 0 unspecified atom stereocenters. The van der Waals surface area contributed by atoms with Crippen LogP contribution in [0.2, 0.25) is 5.02 Å². The summed E-state index contributed by atoms with van der Waals surface area (Å²) in [6.45, 7) is 6.28. The molecule has 27 heavy (non-hydrogen) atoms. The first-order chi connectivity index (χ1) is 12.9. The van der Waals surface area contributed by atoms with Crippen molar-refractivity contribution in [1.82, 2.24) is 9.97 Å². The van der Waals surface area contributed by atoms with E-state index in [-0.39, 0.29) is 5.91 Å². The van der Waals surface area contributed by atoms with Crippen molar-refractivity contribution in [2.75, 3.05) is 10.6 Å². The van der Waals surface area contributed by atoms with Gasteiger partial charge in [0.15, 0.2) is 0 Å². The largest absolute Gasteiger partial charge is 0.350 e. The van der Waals surface area contributed by atoms with Crippen LogP contribution in [0.25, 0.3) is 0 Å². The van der Waals surface area contributed by atoms with Crippen molar-refractivity contribution >= 4 is 29.1 Å². The fourth-order valence-electron chi connectivity index (χ4n) is 2.72. The van der Waals surface area contributed by atoms with Gasteiger partial charge in [-0.25, -0.2) is 9.97 Å². The first-order valence-electron chi connectivity index (χ1n) is 8.64. The van der Waals surface area contributed by atoms with Crippen molar-refractivity contribution in [3.63, 3.8) is 0 Å². The van der Waals surface area contributed by atoms with Crippen LogP contribution in [-0.4, -0.2) is 15.9 Å². The van der Waals surface area contributed by atoms with E-state index in [0.29, 0.717) is 28.9 Å². The molecule has 138 valence electrons. The Labute approximate surface area is 163 Å². The Morgan fingerprint density at radius 2 is 1.81 bits per heavy atom. The van der Waals surface area contributed by atoms with Gasteiger partial charge in [0.05, 0.1) is 0 Å². The summed E-state index contributed by atoms with van der Waals surface area (Å²) in [5.74, 6) is 0.119. The van der Waals surface area contributed by atoms with Gasteiger partial charge < -0.3 is 10.6 Å². The van der Waals surface area contributed by atoms with E-state index < -0.39 is 0 Å². The first kappa shape index (κ1) is 18.9. The van der Waals surface area contributed by atoms with E-state index in [9.17, 15) is 4.79 Å². The van der Waals surface area contributed by atoms with Crippen LogP contribution in [0.4, 0.5) is 11.6 Å². The Balaban J connectivity index is 1.76. The number of benzene rings is 2. The molecular formula is C21H21ClN4O. The third-order valence-electron chi connectivity index (χ3n) is 4.11. The van der Waals surface area contributed by atoms with Crippen molar-refractivity contribution in [2.45, 2.75) is 27.3 Å². The molecule has 0 spiro atoms. The molecule has 5 nitrogen and oxygen atoms in total. The average Bonchev–Trinajstić information content (AvgIpc) is 2.63. The zero-order chi connectivity index (χ0) is 19.4. The van der Waals surface area contributed by atoms with Crippen LogP contribution in [0, 0.1) is 20.8 Å². The third kappa shape index (κ3) is 4.83. The number of hydrogen-bond acceptors (Lipinski definition) is 4. The lowest BCUT2D eigenvalue weighted by molar-refractivity contribution is 0.102. The van der Waals surface area contributed by atoms with E-state index in [1.54, 1.807) is 6.07 Å². The molecular weight excluding hydrogens is 360 g/mol. The smallest absolute Gasteiger partial charge is 0.274 e. The van der Waals surface area contributed by atoms with Crippen molar-refractivity contribution in [3.8, 4) is 0 Å². The second-order valence-electron chi connectivity index (χ2n) is 6.44. The molecule has 0 aliphatic carbocycles. The summed E-state index contributed by atoms with van der Waals surface area (Å²) in [7, 11) is 0. The van der Waals surface area contributed by atoms with Crippen molar-refractivity contribution < 1.29 is 4.79 Å². The number of hydrogen-bond donors (Lipinski definition) is 2. The molecule has 3 rings (SSSR count). The summed E-state index contributed by atoms with van der Waals surface area (Å²) in [5, 5.41) is 6.72. The number of nitrogens with one attached hydrogen (secondary N) is 2. The van der Waals surface area contributed by atoms with Gasteiger partial charge in [-0.1, -0.05) is 47.5 Å². The number of aromatic nitrogens is 2. The molecule has 2 N–H and O–H groups in total. The number of carbonyl (C=O) groups excluding carboxylic acids is 1. The van der Waals surface area contributed by atoms with E-state index in [0.717, 1.165) is 22.4 Å². The number of amides is 1. The van der Waals surface area contributed by atoms with Gasteiger partial charge in [0.25, 0.3) is 5.91 Å². The maximum absolute atomic E-state index is 12.6. The minimum absolute atomic E-state index is 0.270. The Morgan fingerprint density at radius 3 is 2.56 bits per heavy atom. The van der Waals surface area contributed by atoms with E-state index in [1.807, 2.05) is 63.2 Å². The summed E-state index contributed by atoms with van der Waals surface area (Å²) in [6.07, 6.45) is 0. The number of nitrogens with zero attached hydrogens (tertiary/aromatic N) is 2. The molecule has 0 aliphatic heterocycles. The number of anilines is 2. The van der Waals surface area contributed by atoms with Crippen LogP contribution in [0.15, 0.2) is 48.5 Å². The fourth-order valence-corrected chi connectivity index (χ4v) is 2.92. The maximum atomic E-state index is 12.6. The highest BCUT2D eigenvalue weighted by molar-refractivity contribution is 6.31. The summed E-state index contributed by atoms with van der Waals surface area (Å²) in [6, 6.07) is 15.1. The average molecular weight is 381 g/mol. The van der Waals surface area contributed by atoms with Gasteiger partial charge in [-0.2, -0.15) is 0 Å². The number of rotatable bonds is 5. The predicted molar refractivity (Wildman–Crippen MR) is 109 cm³/mol. The van der Waals surface area contributed by atoms with Gasteiger partial charge in [-0.05, 0) is 50.1 Å². The highest BCUT2D eigenvalue weighted by atomic mass is 35.5. The van der Waals surface area contributed by atoms with Gasteiger partial charge in [0, 0.05) is 22.9 Å². The highest BCUT2D eigenvalue weighted by Gasteiger charge is 2.12. The molecule has 0 fully saturated rings. The zero-order valence-electron chi connectivity index (χ0n) is 15.5. The summed E-state index contributed by atoms with van der Waals surface area (Å²) in [4.78, 5) is 21.3. The highest BCUT2D eigenvalue weighted by Crippen LogP contribution is 2.18. The van der Waals surface area contributed by atoms with Crippen molar-refractivity contribution in [1.29, 1.82) is 0 Å². The molecule has 0 saturated heterocycles. The van der Waals surface area contributed by atoms with E-state index >= 15 is 0 Å². The molecule has 0 bridgehead atoms. The molecule has 1 aromatic heterocycles. The van der Waals surface area contributed by atoms with E-state index in [1.165, 1.54) is 0 Å². The molecule has 2 aromatic carbocycles. The lowest BCUT2D eigenvalue weighted by Crippen LogP contribution is -2.16. The molecule has 0 radical (unpaired) electrons. The lowest BCUT2D eigenvalue weighted by Gasteiger charge is -2.11. The van der Waals surface area contributed by atoms with Gasteiger partial charge >= 0.3 is 0 Å². The SMILES string of the molecule is Cc1ccc(NC(=O)c2cc(C)nc(NCc3ccccc3Cl)n2)c(C)c1. The molecule has 1 heterocycles. The van der Waals surface area contributed by atoms with Gasteiger partial charge in [0.1, 0.15) is 5.69 Å². The first-order valence-corrected chi connectivity index (χ1v) is 9.02. The monoisotopic (exact) mass is 380 g/mol. The second kappa shape index (κ2) is 8.18. The van der Waals surface area contributed by atoms with Crippen LogP contribution in [-0.2, 0) is 6.54 Å². The number of aryl methyl sites for hydroxylation is 3. The zero-order valence-corrected chi connectivity index (χ0v) is 16.3. The Kier molecular flexibility index (Phi) is 5.72. The Hall–Kier alpha value is -2.92. The van der Waals surface area contributed by atoms with Crippen molar-refractivity contribution in [2.24, 2.45) is 0 Å². The molecule has 1 amide bonds. The minimum Gasteiger partial charge on any atom is -0.350 e. The second-order valence-corrected chi connectivity index (χ2v) is 6.84. The van der Waals surface area contributed by atoms with Gasteiger partial charge in [0.2, 0.25) is 5.95 Å². The summed E-state index contributed by atoms with van der Waals surface area (Å²) < 4.78 is 0. The van der Waals surface area contributed by atoms with Gasteiger partial charge in [-0.3, -0.25) is 4.79 Å². The van der Waals surface area contributed by atoms with E-state index in [4.69, 9.17) is 11.6 Å². The van der Waals surface area contributed by atoms with Crippen LogP contribution < -0.4 is 10.6 Å². The third-order valence-corrected chi connectivity index (χ3v) is 4.48. The van der Waals surface area contributed by atoms with Crippen LogP contribution in [0.1, 0.15) is 32.9 Å². The van der Waals surface area contributed by atoms with Crippen molar-refractivity contribution in [3.05, 3.63) is 81.6 Å². The lowest BCUT2D eigenvalue weighted by atomic mass is 10.1. The van der Waals surface area contributed by atoms with Crippen LogP contribution in [0.5, 0.6) is 0 Å². The predicted octanol–water partition coefficient (Wildman–Crippen LogP) is 4.92. The quantitative estimate of drug-likeness (QED) is 0.659. The molecule has 6 heteroatoms. The maximum Gasteiger partial charge on any atom is 0.274 e. The van der Waals surface area contributed by atoms with Gasteiger partial charge in [-0.15, -0.1) is 0 Å². The minimum atomic E-state index is -0.270. The Morgan fingerprint density at radius 1 is 1.04 bits per heavy atom. The number of halogens is 1. The molecule has 0 atom stereocenters. The molecule has 0 aliphatic rings. The summed E-state index contributed by atoms with van der Waals surface area (Å²) >= 11 is 6.17. The summed E-state index contributed by atoms with van der Waals surface area (Å²) in [5.41, 5.74) is 4.88. The molecule has 0 saturated carbocycles. The van der Waals surface area contributed by atoms with Crippen LogP contribution in [0.3, 0.4) is 0 Å². The van der Waals surface area contributed by atoms with E-state index in [2.05, 4.69) is 20.6 Å². The normalized spacial score (nSPS) is 10.5.